The Labute approximate surface area is 189 Å². The van der Waals surface area contributed by atoms with Crippen molar-refractivity contribution in [2.24, 2.45) is 0 Å². The van der Waals surface area contributed by atoms with Crippen LogP contribution in [0.2, 0.25) is 0 Å². The first-order valence-corrected chi connectivity index (χ1v) is 12.2. The molecule has 0 spiro atoms. The molecular formula is C24H34N6O2. The van der Waals surface area contributed by atoms with Crippen molar-refractivity contribution in [1.29, 1.82) is 0 Å². The van der Waals surface area contributed by atoms with E-state index in [1.54, 1.807) is 0 Å². The van der Waals surface area contributed by atoms with E-state index in [0.29, 0.717) is 25.6 Å². The standard InChI is InChI=1S/C24H34N6O2/c1-17-7-13-30(27-17)14-10-22(31)29-11-8-18(15-29)23-25-21-16-28(19-5-3-2-4-6-19)12-9-20(21)24(32)26-23/h7,13,18-19H,2-6,8-12,14-16H2,1H3,(H,25,26,32). The second kappa shape index (κ2) is 9.17. The van der Waals surface area contributed by atoms with Crippen LogP contribution in [-0.2, 0) is 24.3 Å². The maximum Gasteiger partial charge on any atom is 0.254 e. The summed E-state index contributed by atoms with van der Waals surface area (Å²) in [4.78, 5) is 38.0. The number of nitrogens with zero attached hydrogens (tertiary/aromatic N) is 5. The number of hydrogen-bond acceptors (Lipinski definition) is 5. The Balaban J connectivity index is 1.23. The number of carbonyl (C=O) groups excluding carboxylic acids is 1. The largest absolute Gasteiger partial charge is 0.342 e. The molecule has 1 saturated heterocycles. The van der Waals surface area contributed by atoms with Gasteiger partial charge >= 0.3 is 0 Å². The molecule has 4 heterocycles. The van der Waals surface area contributed by atoms with Crippen LogP contribution >= 0.6 is 0 Å². The third-order valence-electron chi connectivity index (χ3n) is 7.47. The van der Waals surface area contributed by atoms with Gasteiger partial charge in [-0.1, -0.05) is 19.3 Å². The van der Waals surface area contributed by atoms with Crippen molar-refractivity contribution in [1.82, 2.24) is 29.5 Å². The van der Waals surface area contributed by atoms with E-state index in [1.165, 1.54) is 32.1 Å². The van der Waals surface area contributed by atoms with Gasteiger partial charge in [-0.2, -0.15) is 5.10 Å². The molecule has 0 bridgehead atoms. The van der Waals surface area contributed by atoms with Gasteiger partial charge in [-0.15, -0.1) is 0 Å². The van der Waals surface area contributed by atoms with E-state index in [4.69, 9.17) is 4.98 Å². The number of amides is 1. The first kappa shape index (κ1) is 21.4. The van der Waals surface area contributed by atoms with Gasteiger partial charge in [-0.05, 0) is 38.7 Å². The number of H-pyrrole nitrogens is 1. The minimum absolute atomic E-state index is 0.0205. The fourth-order valence-corrected chi connectivity index (χ4v) is 5.60. The fourth-order valence-electron chi connectivity index (χ4n) is 5.60. The lowest BCUT2D eigenvalue weighted by molar-refractivity contribution is -0.130. The number of hydrogen-bond donors (Lipinski definition) is 1. The molecule has 1 saturated carbocycles. The third kappa shape index (κ3) is 4.51. The summed E-state index contributed by atoms with van der Waals surface area (Å²) in [7, 11) is 0. The molecule has 3 aliphatic rings. The average Bonchev–Trinajstić information content (AvgIpc) is 3.47. The number of fused-ring (bicyclic) bond motifs is 1. The quantitative estimate of drug-likeness (QED) is 0.774. The Bertz CT molecular complexity index is 1020. The fraction of sp³-hybridized carbons (Fsp3) is 0.667. The average molecular weight is 439 g/mol. The summed E-state index contributed by atoms with van der Waals surface area (Å²) in [6, 6.07) is 2.59. The van der Waals surface area contributed by atoms with E-state index in [9.17, 15) is 9.59 Å². The highest BCUT2D eigenvalue weighted by molar-refractivity contribution is 5.76. The van der Waals surface area contributed by atoms with Gasteiger partial charge in [0, 0.05) is 62.9 Å². The Morgan fingerprint density at radius 1 is 1.19 bits per heavy atom. The zero-order chi connectivity index (χ0) is 22.1. The Kier molecular flexibility index (Phi) is 6.13. The maximum absolute atomic E-state index is 12.8. The molecule has 1 amide bonds. The molecule has 0 aromatic carbocycles. The van der Waals surface area contributed by atoms with E-state index in [0.717, 1.165) is 55.3 Å². The first-order valence-electron chi connectivity index (χ1n) is 12.2. The van der Waals surface area contributed by atoms with Crippen molar-refractivity contribution < 1.29 is 4.79 Å². The van der Waals surface area contributed by atoms with Crippen molar-refractivity contribution in [3.8, 4) is 0 Å². The van der Waals surface area contributed by atoms with E-state index in [2.05, 4.69) is 15.0 Å². The van der Waals surface area contributed by atoms with Gasteiger partial charge in [0.25, 0.3) is 5.56 Å². The van der Waals surface area contributed by atoms with Crippen LogP contribution in [0.5, 0.6) is 0 Å². The second-order valence-electron chi connectivity index (χ2n) is 9.68. The summed E-state index contributed by atoms with van der Waals surface area (Å²) in [5, 5.41) is 4.35. The minimum atomic E-state index is 0.0205. The van der Waals surface area contributed by atoms with Crippen LogP contribution in [0.15, 0.2) is 17.1 Å². The zero-order valence-electron chi connectivity index (χ0n) is 19.1. The predicted molar refractivity (Wildman–Crippen MR) is 121 cm³/mol. The minimum Gasteiger partial charge on any atom is -0.342 e. The summed E-state index contributed by atoms with van der Waals surface area (Å²) in [6.45, 7) is 5.64. The number of rotatable bonds is 5. The summed E-state index contributed by atoms with van der Waals surface area (Å²) < 4.78 is 1.82. The molecular weight excluding hydrogens is 404 g/mol. The summed E-state index contributed by atoms with van der Waals surface area (Å²) >= 11 is 0. The Morgan fingerprint density at radius 2 is 2.03 bits per heavy atom. The lowest BCUT2D eigenvalue weighted by Crippen LogP contribution is -2.42. The van der Waals surface area contributed by atoms with Crippen LogP contribution in [0.4, 0.5) is 0 Å². The molecule has 5 rings (SSSR count). The number of aromatic amines is 1. The topological polar surface area (TPSA) is 87.1 Å². The molecule has 1 N–H and O–H groups in total. The van der Waals surface area contributed by atoms with Crippen molar-refractivity contribution in [3.05, 3.63) is 45.4 Å². The van der Waals surface area contributed by atoms with Gasteiger partial charge in [-0.25, -0.2) is 4.98 Å². The summed E-state index contributed by atoms with van der Waals surface area (Å²) in [6.07, 6.45) is 10.5. The smallest absolute Gasteiger partial charge is 0.254 e. The molecule has 8 nitrogen and oxygen atoms in total. The normalized spacial score (nSPS) is 22.3. The van der Waals surface area contributed by atoms with Gasteiger partial charge < -0.3 is 9.88 Å². The lowest BCUT2D eigenvalue weighted by atomic mass is 9.92. The molecule has 172 valence electrons. The maximum atomic E-state index is 12.8. The van der Waals surface area contributed by atoms with Crippen LogP contribution in [0.25, 0.3) is 0 Å². The van der Waals surface area contributed by atoms with Crippen molar-refractivity contribution in [2.45, 2.75) is 83.3 Å². The SMILES string of the molecule is Cc1ccn(CCC(=O)N2CCC(c3nc4c(c(=O)[nH]3)CCN(C3CCCCC3)C4)C2)n1. The predicted octanol–water partition coefficient (Wildman–Crippen LogP) is 2.37. The monoisotopic (exact) mass is 438 g/mol. The molecule has 32 heavy (non-hydrogen) atoms. The van der Waals surface area contributed by atoms with E-state index >= 15 is 0 Å². The Morgan fingerprint density at radius 3 is 2.81 bits per heavy atom. The van der Waals surface area contributed by atoms with Crippen molar-refractivity contribution in [2.75, 3.05) is 19.6 Å². The molecule has 2 aromatic rings. The number of aromatic nitrogens is 4. The molecule has 2 aliphatic heterocycles. The van der Waals surface area contributed by atoms with Gasteiger partial charge in [0.2, 0.25) is 5.91 Å². The number of carbonyl (C=O) groups is 1. The van der Waals surface area contributed by atoms with Crippen LogP contribution in [0.3, 0.4) is 0 Å². The highest BCUT2D eigenvalue weighted by Gasteiger charge is 2.31. The van der Waals surface area contributed by atoms with Gasteiger partial charge in [0.15, 0.2) is 0 Å². The highest BCUT2D eigenvalue weighted by Crippen LogP contribution is 2.29. The van der Waals surface area contributed by atoms with E-state index < -0.39 is 0 Å². The van der Waals surface area contributed by atoms with Crippen molar-refractivity contribution >= 4 is 5.91 Å². The summed E-state index contributed by atoms with van der Waals surface area (Å²) in [5.74, 6) is 1.01. The van der Waals surface area contributed by atoms with Crippen LogP contribution in [0.1, 0.15) is 73.6 Å². The summed E-state index contributed by atoms with van der Waals surface area (Å²) in [5.41, 5.74) is 2.80. The lowest BCUT2D eigenvalue weighted by Gasteiger charge is -2.37. The molecule has 0 radical (unpaired) electrons. The van der Waals surface area contributed by atoms with Crippen LogP contribution in [-0.4, -0.2) is 61.1 Å². The number of nitrogens with one attached hydrogen (secondary N) is 1. The zero-order valence-corrected chi connectivity index (χ0v) is 19.1. The molecule has 8 heteroatoms. The molecule has 1 aliphatic carbocycles. The van der Waals surface area contributed by atoms with Crippen LogP contribution < -0.4 is 5.56 Å². The van der Waals surface area contributed by atoms with Crippen molar-refractivity contribution in [3.63, 3.8) is 0 Å². The molecule has 2 aromatic heterocycles. The van der Waals surface area contributed by atoms with E-state index in [-0.39, 0.29) is 17.4 Å². The Hall–Kier alpha value is -2.48. The van der Waals surface area contributed by atoms with Gasteiger partial charge in [0.05, 0.1) is 11.4 Å². The molecule has 1 atom stereocenters. The molecule has 2 fully saturated rings. The number of aryl methyl sites for hydroxylation is 2. The van der Waals surface area contributed by atoms with Gasteiger partial charge in [-0.3, -0.25) is 19.2 Å². The number of likely N-dealkylation sites (tertiary alicyclic amines) is 1. The van der Waals surface area contributed by atoms with Crippen LogP contribution in [0, 0.1) is 6.92 Å². The second-order valence-corrected chi connectivity index (χ2v) is 9.68. The van der Waals surface area contributed by atoms with Gasteiger partial charge in [0.1, 0.15) is 5.82 Å². The molecule has 1 unspecified atom stereocenters. The third-order valence-corrected chi connectivity index (χ3v) is 7.47. The van der Waals surface area contributed by atoms with E-state index in [1.807, 2.05) is 28.8 Å². The highest BCUT2D eigenvalue weighted by atomic mass is 16.2. The first-order chi connectivity index (χ1) is 15.6.